The van der Waals surface area contributed by atoms with Gasteiger partial charge in [-0.05, 0) is 65.4 Å². The maximum Gasteiger partial charge on any atom is 0.252 e. The number of ketones is 1. The van der Waals surface area contributed by atoms with Gasteiger partial charge in [-0.1, -0.05) is 29.8 Å². The predicted octanol–water partition coefficient (Wildman–Crippen LogP) is 3.16. The first-order valence-electron chi connectivity index (χ1n) is 12.6. The molecule has 0 bridgehead atoms. The van der Waals surface area contributed by atoms with Gasteiger partial charge in [-0.25, -0.2) is 0 Å². The van der Waals surface area contributed by atoms with Gasteiger partial charge in [0.05, 0.1) is 18.7 Å². The molecule has 0 spiro atoms. The molecule has 1 saturated carbocycles. The smallest absolute Gasteiger partial charge is 0.252 e. The molecule has 9 nitrogen and oxygen atoms in total. The molecule has 1 aromatic heterocycles. The van der Waals surface area contributed by atoms with Crippen molar-refractivity contribution in [3.05, 3.63) is 76.4 Å². The number of hydrogen-bond donors (Lipinski definition) is 4. The number of ether oxygens (including phenoxy) is 1. The number of nitrogens with zero attached hydrogens (tertiary/aromatic N) is 1. The van der Waals surface area contributed by atoms with E-state index in [4.69, 9.17) is 27.2 Å². The quantitative estimate of drug-likeness (QED) is 0.212. The number of aliphatic hydroxyl groups excluding tert-OH is 2. The van der Waals surface area contributed by atoms with Crippen molar-refractivity contribution in [1.82, 2.24) is 9.88 Å². The molecule has 1 aliphatic carbocycles. The number of primary amides is 1. The zero-order chi connectivity index (χ0) is 27.7. The second-order valence-electron chi connectivity index (χ2n) is 9.69. The van der Waals surface area contributed by atoms with E-state index < -0.39 is 17.9 Å². The Labute approximate surface area is 229 Å². The normalized spacial score (nSPS) is 13.9. The van der Waals surface area contributed by atoms with E-state index in [0.29, 0.717) is 27.3 Å². The number of amides is 2. The molecule has 1 heterocycles. The van der Waals surface area contributed by atoms with Gasteiger partial charge in [0.25, 0.3) is 11.8 Å². The van der Waals surface area contributed by atoms with Crippen LogP contribution in [0.25, 0.3) is 21.7 Å². The molecular formula is C29H28ClN3O6. The second kappa shape index (κ2) is 11.1. The average Bonchev–Trinajstić information content (AvgIpc) is 3.72. The number of carbonyl (C=O) groups is 3. The van der Waals surface area contributed by atoms with E-state index in [9.17, 15) is 19.5 Å². The van der Waals surface area contributed by atoms with Gasteiger partial charge in [0, 0.05) is 34.2 Å². The molecule has 4 aromatic rings. The number of hydrogen-bond acceptors (Lipinski definition) is 6. The number of benzene rings is 3. The van der Waals surface area contributed by atoms with E-state index in [1.54, 1.807) is 41.1 Å². The zero-order valence-electron chi connectivity index (χ0n) is 21.0. The summed E-state index contributed by atoms with van der Waals surface area (Å²) in [4.78, 5) is 37.7. The third kappa shape index (κ3) is 5.75. The van der Waals surface area contributed by atoms with Crippen LogP contribution in [0.2, 0.25) is 5.02 Å². The lowest BCUT2D eigenvalue weighted by molar-refractivity contribution is -0.130. The third-order valence-electron chi connectivity index (χ3n) is 6.86. The van der Waals surface area contributed by atoms with E-state index in [1.165, 1.54) is 0 Å². The fraction of sp³-hybridized carbons (Fsp3) is 0.276. The number of nitrogens with one attached hydrogen (secondary N) is 1. The van der Waals surface area contributed by atoms with E-state index in [2.05, 4.69) is 5.32 Å². The van der Waals surface area contributed by atoms with Crippen LogP contribution in [0.15, 0.2) is 54.7 Å². The lowest BCUT2D eigenvalue weighted by Crippen LogP contribution is -2.38. The van der Waals surface area contributed by atoms with Gasteiger partial charge in [-0.15, -0.1) is 0 Å². The summed E-state index contributed by atoms with van der Waals surface area (Å²) in [5, 5.41) is 24.5. The van der Waals surface area contributed by atoms with Crippen LogP contribution in [0.5, 0.6) is 5.75 Å². The second-order valence-corrected chi connectivity index (χ2v) is 10.1. The van der Waals surface area contributed by atoms with Gasteiger partial charge in [0.15, 0.2) is 12.7 Å². The van der Waals surface area contributed by atoms with Crippen LogP contribution in [0.4, 0.5) is 0 Å². The van der Waals surface area contributed by atoms with Gasteiger partial charge in [0.2, 0.25) is 5.78 Å². The van der Waals surface area contributed by atoms with Gasteiger partial charge < -0.3 is 30.6 Å². The summed E-state index contributed by atoms with van der Waals surface area (Å²) in [6.45, 7) is -0.640. The van der Waals surface area contributed by atoms with Gasteiger partial charge in [0.1, 0.15) is 5.75 Å². The topological polar surface area (TPSA) is 144 Å². The van der Waals surface area contributed by atoms with Crippen molar-refractivity contribution in [2.75, 3.05) is 19.8 Å². The summed E-state index contributed by atoms with van der Waals surface area (Å²) in [7, 11) is 0. The summed E-state index contributed by atoms with van der Waals surface area (Å²) in [5.74, 6) is -1.01. The first-order chi connectivity index (χ1) is 18.7. The fourth-order valence-electron chi connectivity index (χ4n) is 4.70. The molecule has 5 rings (SSSR count). The van der Waals surface area contributed by atoms with E-state index in [-0.39, 0.29) is 43.4 Å². The molecular weight excluding hydrogens is 522 g/mol. The Morgan fingerprint density at radius 3 is 2.59 bits per heavy atom. The Balaban J connectivity index is 1.43. The van der Waals surface area contributed by atoms with Crippen LogP contribution in [0.3, 0.4) is 0 Å². The Bertz CT molecular complexity index is 1590. The highest BCUT2D eigenvalue weighted by Crippen LogP contribution is 2.41. The first kappa shape index (κ1) is 26.7. The molecule has 1 atom stereocenters. The highest BCUT2D eigenvalue weighted by Gasteiger charge is 2.26. The van der Waals surface area contributed by atoms with Crippen molar-refractivity contribution in [3.63, 3.8) is 0 Å². The standard InChI is InChI=1S/C29H28ClN3O6/c30-20-5-3-18-12-27(22(28(31)37)10-19(18)9-20)39-15-26(36)23-13-33(14-25(35)29(38)32-7-8-34)24-11-17(16-1-2-16)4-6-21(23)24/h3-6,9-13,16,25,34-35H,1-2,7-8,14-15H2,(H2,31,37)(H,32,38)/t25-/m1/s1. The van der Waals surface area contributed by atoms with Crippen LogP contribution in [-0.4, -0.2) is 58.2 Å². The number of aliphatic hydroxyl groups is 2. The van der Waals surface area contributed by atoms with Crippen LogP contribution in [-0.2, 0) is 11.3 Å². The average molecular weight is 550 g/mol. The molecule has 0 aliphatic heterocycles. The summed E-state index contributed by atoms with van der Waals surface area (Å²) < 4.78 is 7.50. The summed E-state index contributed by atoms with van der Waals surface area (Å²) in [6.07, 6.45) is 2.42. The van der Waals surface area contributed by atoms with E-state index >= 15 is 0 Å². The van der Waals surface area contributed by atoms with Crippen LogP contribution < -0.4 is 15.8 Å². The highest BCUT2D eigenvalue weighted by molar-refractivity contribution is 6.31. The molecule has 0 saturated heterocycles. The van der Waals surface area contributed by atoms with Crippen LogP contribution in [0.1, 0.15) is 45.0 Å². The monoisotopic (exact) mass is 549 g/mol. The minimum atomic E-state index is -1.37. The number of Topliss-reactive ketones (excluding diaryl/α,β-unsaturated/α-hetero) is 1. The minimum absolute atomic E-state index is 0.0321. The molecule has 0 radical (unpaired) electrons. The molecule has 1 fully saturated rings. The van der Waals surface area contributed by atoms with Crippen molar-refractivity contribution in [2.45, 2.75) is 31.4 Å². The zero-order valence-corrected chi connectivity index (χ0v) is 21.8. The Morgan fingerprint density at radius 2 is 1.87 bits per heavy atom. The maximum absolute atomic E-state index is 13.4. The SMILES string of the molecule is NC(=O)c1cc2cc(Cl)ccc2cc1OCC(=O)c1cn(C[C@@H](O)C(=O)NCCO)c2cc(C3CC3)ccc12. The number of halogens is 1. The molecule has 1 aliphatic rings. The summed E-state index contributed by atoms with van der Waals surface area (Å²) >= 11 is 6.07. The minimum Gasteiger partial charge on any atom is -0.485 e. The van der Waals surface area contributed by atoms with Crippen LogP contribution in [0, 0.1) is 0 Å². The maximum atomic E-state index is 13.4. The lowest BCUT2D eigenvalue weighted by atomic mass is 10.0. The van der Waals surface area contributed by atoms with Crippen molar-refractivity contribution in [3.8, 4) is 5.75 Å². The first-order valence-corrected chi connectivity index (χ1v) is 13.0. The van der Waals surface area contributed by atoms with Crippen molar-refractivity contribution >= 4 is 50.9 Å². The summed E-state index contributed by atoms with van der Waals surface area (Å²) in [6, 6.07) is 14.3. The number of rotatable bonds is 11. The van der Waals surface area contributed by atoms with Gasteiger partial charge >= 0.3 is 0 Å². The highest BCUT2D eigenvalue weighted by atomic mass is 35.5. The van der Waals surface area contributed by atoms with Crippen LogP contribution >= 0.6 is 11.6 Å². The number of aromatic nitrogens is 1. The van der Waals surface area contributed by atoms with E-state index in [1.807, 2.05) is 18.2 Å². The molecule has 2 amide bonds. The van der Waals surface area contributed by atoms with Gasteiger partial charge in [-0.3, -0.25) is 14.4 Å². The lowest BCUT2D eigenvalue weighted by Gasteiger charge is -2.13. The number of nitrogens with two attached hydrogens (primary N) is 1. The van der Waals surface area contributed by atoms with Gasteiger partial charge in [-0.2, -0.15) is 0 Å². The number of fused-ring (bicyclic) bond motifs is 2. The third-order valence-corrected chi connectivity index (χ3v) is 7.10. The molecule has 10 heteroatoms. The summed E-state index contributed by atoms with van der Waals surface area (Å²) in [5.41, 5.74) is 7.93. The Hall–Kier alpha value is -3.92. The number of carbonyl (C=O) groups excluding carboxylic acids is 3. The molecule has 0 unspecified atom stereocenters. The molecule has 3 aromatic carbocycles. The van der Waals surface area contributed by atoms with E-state index in [0.717, 1.165) is 29.3 Å². The predicted molar refractivity (Wildman–Crippen MR) is 147 cm³/mol. The molecule has 5 N–H and O–H groups in total. The van der Waals surface area contributed by atoms with Crippen molar-refractivity contribution in [2.24, 2.45) is 5.73 Å². The largest absolute Gasteiger partial charge is 0.485 e. The van der Waals surface area contributed by atoms with Crippen molar-refractivity contribution < 1.29 is 29.3 Å². The fourth-order valence-corrected chi connectivity index (χ4v) is 4.88. The molecule has 202 valence electrons. The Kier molecular flexibility index (Phi) is 7.56. The molecule has 39 heavy (non-hydrogen) atoms. The Morgan fingerprint density at radius 1 is 1.08 bits per heavy atom. The van der Waals surface area contributed by atoms with Crippen molar-refractivity contribution in [1.29, 1.82) is 0 Å².